The van der Waals surface area contributed by atoms with Crippen molar-refractivity contribution in [3.8, 4) is 0 Å². The highest BCUT2D eigenvalue weighted by atomic mass is 32.1. The largest absolute Gasteiger partial charge is 0.393 e. The zero-order chi connectivity index (χ0) is 14.0. The fourth-order valence-corrected chi connectivity index (χ4v) is 2.07. The number of ether oxygens (including phenoxy) is 1. The van der Waals surface area contributed by atoms with Gasteiger partial charge in [0.2, 0.25) is 5.91 Å². The summed E-state index contributed by atoms with van der Waals surface area (Å²) in [6, 6.07) is 0. The Bertz CT molecular complexity index is 328. The second kappa shape index (κ2) is 5.53. The molecule has 1 heterocycles. The molecule has 0 aromatic carbocycles. The molecular weight excluding hydrogens is 248 g/mol. The molecule has 1 aliphatic heterocycles. The Hall–Kier alpha value is -0.680. The first-order valence-electron chi connectivity index (χ1n) is 6.36. The fraction of sp³-hybridized carbons (Fsp3) is 0.846. The topological polar surface area (TPSA) is 55.6 Å². The van der Waals surface area contributed by atoms with E-state index < -0.39 is 0 Å². The van der Waals surface area contributed by atoms with Gasteiger partial charge in [0.15, 0.2) is 0 Å². The van der Waals surface area contributed by atoms with Crippen LogP contribution in [0.15, 0.2) is 0 Å². The molecule has 1 amide bonds. The molecular formula is C13H24N2O2S. The van der Waals surface area contributed by atoms with E-state index in [1.54, 1.807) is 0 Å². The van der Waals surface area contributed by atoms with Gasteiger partial charge in [0.25, 0.3) is 0 Å². The molecule has 1 fully saturated rings. The Kier molecular flexibility index (Phi) is 4.72. The highest BCUT2D eigenvalue weighted by Gasteiger charge is 2.34. The molecule has 0 atom stereocenters. The first-order valence-corrected chi connectivity index (χ1v) is 6.76. The van der Waals surface area contributed by atoms with Crippen LogP contribution in [0.2, 0.25) is 0 Å². The third kappa shape index (κ3) is 4.21. The maximum Gasteiger partial charge on any atom is 0.248 e. The lowest BCUT2D eigenvalue weighted by Gasteiger charge is -2.38. The smallest absolute Gasteiger partial charge is 0.248 e. The highest BCUT2D eigenvalue weighted by molar-refractivity contribution is 7.80. The van der Waals surface area contributed by atoms with Crippen LogP contribution in [0.1, 0.15) is 40.5 Å². The molecule has 0 unspecified atom stereocenters. The third-order valence-electron chi connectivity index (χ3n) is 3.44. The molecule has 18 heavy (non-hydrogen) atoms. The predicted octanol–water partition coefficient (Wildman–Crippen LogP) is 1.72. The summed E-state index contributed by atoms with van der Waals surface area (Å²) in [5.74, 6) is 0.0508. The average Bonchev–Trinajstić information content (AvgIpc) is 2.26. The van der Waals surface area contributed by atoms with Gasteiger partial charge in [-0.2, -0.15) is 0 Å². The van der Waals surface area contributed by atoms with E-state index in [0.717, 1.165) is 12.8 Å². The number of carbonyl (C=O) groups is 1. The summed E-state index contributed by atoms with van der Waals surface area (Å²) in [7, 11) is 0. The van der Waals surface area contributed by atoms with Crippen LogP contribution in [-0.2, 0) is 9.53 Å². The van der Waals surface area contributed by atoms with E-state index in [4.69, 9.17) is 22.7 Å². The molecule has 0 spiro atoms. The van der Waals surface area contributed by atoms with Crippen molar-refractivity contribution in [1.29, 1.82) is 0 Å². The molecule has 1 saturated heterocycles. The molecule has 0 bridgehead atoms. The van der Waals surface area contributed by atoms with Crippen molar-refractivity contribution < 1.29 is 9.53 Å². The van der Waals surface area contributed by atoms with Crippen LogP contribution < -0.4 is 5.73 Å². The number of rotatable bonds is 3. The van der Waals surface area contributed by atoms with E-state index in [2.05, 4.69) is 6.92 Å². The number of nitrogens with two attached hydrogens (primary N) is 1. The van der Waals surface area contributed by atoms with Crippen molar-refractivity contribution in [3.63, 3.8) is 0 Å². The minimum atomic E-state index is -0.279. The Labute approximate surface area is 115 Å². The molecule has 2 N–H and O–H groups in total. The number of hydrogen-bond acceptors (Lipinski definition) is 3. The van der Waals surface area contributed by atoms with Crippen molar-refractivity contribution in [1.82, 2.24) is 4.90 Å². The number of thiocarbonyl (C=S) groups is 1. The minimum absolute atomic E-state index is 0.0508. The summed E-state index contributed by atoms with van der Waals surface area (Å²) in [4.78, 5) is 14.4. The maximum absolute atomic E-state index is 12.0. The molecule has 0 saturated carbocycles. The van der Waals surface area contributed by atoms with Gasteiger partial charge in [0.1, 0.15) is 6.61 Å². The fourth-order valence-electron chi connectivity index (χ4n) is 1.87. The number of piperidine rings is 1. The minimum Gasteiger partial charge on any atom is -0.393 e. The molecule has 104 valence electrons. The molecule has 0 aromatic heterocycles. The second-order valence-corrected chi connectivity index (χ2v) is 6.65. The lowest BCUT2D eigenvalue weighted by atomic mass is 9.80. The van der Waals surface area contributed by atoms with E-state index in [-0.39, 0.29) is 23.5 Å². The second-order valence-electron chi connectivity index (χ2n) is 6.21. The van der Waals surface area contributed by atoms with Gasteiger partial charge in [-0.3, -0.25) is 4.79 Å². The van der Waals surface area contributed by atoms with E-state index in [1.165, 1.54) is 0 Å². The number of nitrogens with zero attached hydrogens (tertiary/aromatic N) is 1. The van der Waals surface area contributed by atoms with Crippen LogP contribution in [0.5, 0.6) is 0 Å². The third-order valence-corrected chi connectivity index (χ3v) is 3.94. The van der Waals surface area contributed by atoms with Crippen LogP contribution in [-0.4, -0.2) is 41.1 Å². The molecule has 4 nitrogen and oxygen atoms in total. The van der Waals surface area contributed by atoms with Crippen LogP contribution in [0.3, 0.4) is 0 Å². The zero-order valence-electron chi connectivity index (χ0n) is 11.8. The van der Waals surface area contributed by atoms with Crippen LogP contribution in [0, 0.1) is 5.41 Å². The lowest BCUT2D eigenvalue weighted by molar-refractivity contribution is -0.142. The van der Waals surface area contributed by atoms with Crippen LogP contribution in [0.25, 0.3) is 0 Å². The summed E-state index contributed by atoms with van der Waals surface area (Å²) in [6.45, 7) is 9.47. The summed E-state index contributed by atoms with van der Waals surface area (Å²) in [5, 5.41) is 0. The monoisotopic (exact) mass is 272 g/mol. The van der Waals surface area contributed by atoms with Gasteiger partial charge in [-0.15, -0.1) is 0 Å². The van der Waals surface area contributed by atoms with Gasteiger partial charge in [0.05, 0.1) is 10.6 Å². The van der Waals surface area contributed by atoms with E-state index in [9.17, 15) is 4.79 Å². The average molecular weight is 272 g/mol. The normalized spacial score (nSPS) is 19.7. The Morgan fingerprint density at radius 3 is 2.28 bits per heavy atom. The van der Waals surface area contributed by atoms with Crippen molar-refractivity contribution in [3.05, 3.63) is 0 Å². The molecule has 0 radical (unpaired) electrons. The summed E-state index contributed by atoms with van der Waals surface area (Å²) >= 11 is 5.08. The lowest BCUT2D eigenvalue weighted by Crippen LogP contribution is -2.48. The van der Waals surface area contributed by atoms with Crippen LogP contribution >= 0.6 is 12.2 Å². The van der Waals surface area contributed by atoms with Crippen molar-refractivity contribution >= 4 is 23.1 Å². The van der Waals surface area contributed by atoms with Crippen molar-refractivity contribution in [2.75, 3.05) is 19.7 Å². The highest BCUT2D eigenvalue weighted by Crippen LogP contribution is 2.31. The first kappa shape index (κ1) is 15.4. The van der Waals surface area contributed by atoms with Crippen molar-refractivity contribution in [2.24, 2.45) is 11.1 Å². The Morgan fingerprint density at radius 2 is 1.89 bits per heavy atom. The van der Waals surface area contributed by atoms with Gasteiger partial charge >= 0.3 is 0 Å². The SMILES string of the molecule is CC(C)(C)OCC(=O)N1CCC(C)(C(N)=S)CC1. The first-order chi connectivity index (χ1) is 8.14. The maximum atomic E-state index is 12.0. The summed E-state index contributed by atoms with van der Waals surface area (Å²) in [5.41, 5.74) is 5.36. The van der Waals surface area contributed by atoms with Crippen molar-refractivity contribution in [2.45, 2.75) is 46.1 Å². The van der Waals surface area contributed by atoms with Gasteiger partial charge in [0, 0.05) is 18.5 Å². The molecule has 1 rings (SSSR count). The van der Waals surface area contributed by atoms with Gasteiger partial charge < -0.3 is 15.4 Å². The zero-order valence-corrected chi connectivity index (χ0v) is 12.6. The predicted molar refractivity (Wildman–Crippen MR) is 76.4 cm³/mol. The quantitative estimate of drug-likeness (QED) is 0.795. The number of likely N-dealkylation sites (tertiary alicyclic amines) is 1. The Morgan fingerprint density at radius 1 is 1.39 bits per heavy atom. The number of amides is 1. The Balaban J connectivity index is 2.43. The van der Waals surface area contributed by atoms with Gasteiger partial charge in [-0.05, 0) is 33.6 Å². The molecule has 0 aromatic rings. The van der Waals surface area contributed by atoms with Crippen LogP contribution in [0.4, 0.5) is 0 Å². The van der Waals surface area contributed by atoms with E-state index in [1.807, 2.05) is 25.7 Å². The van der Waals surface area contributed by atoms with Gasteiger partial charge in [-0.25, -0.2) is 0 Å². The molecule has 0 aliphatic carbocycles. The standard InChI is InChI=1S/C13H24N2O2S/c1-12(2,3)17-9-10(16)15-7-5-13(4,6-8-15)11(14)18/h5-9H2,1-4H3,(H2,14,18). The van der Waals surface area contributed by atoms with E-state index >= 15 is 0 Å². The van der Waals surface area contributed by atoms with E-state index in [0.29, 0.717) is 18.1 Å². The number of hydrogen-bond donors (Lipinski definition) is 1. The summed E-state index contributed by atoms with van der Waals surface area (Å²) in [6.07, 6.45) is 1.67. The van der Waals surface area contributed by atoms with Gasteiger partial charge in [-0.1, -0.05) is 19.1 Å². The number of carbonyl (C=O) groups excluding carboxylic acids is 1. The summed E-state index contributed by atoms with van der Waals surface area (Å²) < 4.78 is 5.50. The molecule has 1 aliphatic rings. The molecule has 5 heteroatoms.